The van der Waals surface area contributed by atoms with E-state index in [0.29, 0.717) is 23.0 Å². The topological polar surface area (TPSA) is 35.6 Å². The first-order valence-corrected chi connectivity index (χ1v) is 9.16. The molecule has 2 amide bonds. The highest BCUT2D eigenvalue weighted by atomic mass is 35.5. The number of carbonyl (C=O) groups is 1. The summed E-state index contributed by atoms with van der Waals surface area (Å²) in [7, 11) is 0. The number of anilines is 1. The van der Waals surface area contributed by atoms with Gasteiger partial charge in [0.15, 0.2) is 0 Å². The third-order valence-electron chi connectivity index (χ3n) is 4.37. The molecule has 132 valence electrons. The number of rotatable bonds is 4. The van der Waals surface area contributed by atoms with E-state index in [1.54, 1.807) is 6.07 Å². The van der Waals surface area contributed by atoms with E-state index in [1.165, 1.54) is 5.69 Å². The summed E-state index contributed by atoms with van der Waals surface area (Å²) in [5, 5.41) is 4.23. The fourth-order valence-electron chi connectivity index (χ4n) is 2.95. The van der Waals surface area contributed by atoms with Crippen LogP contribution in [0.1, 0.15) is 5.56 Å². The Balaban J connectivity index is 1.43. The molecule has 1 aliphatic rings. The fraction of sp³-hybridized carbons (Fsp3) is 0.316. The predicted molar refractivity (Wildman–Crippen MR) is 104 cm³/mol. The zero-order valence-electron chi connectivity index (χ0n) is 13.9. The standard InChI is InChI=1S/C19H21Cl2N3O/c20-16-7-6-15(18(21)14-16)8-9-22-19(25)24-12-10-23(11-13-24)17-4-2-1-3-5-17/h1-7,14H,8-13H2,(H,22,25). The number of para-hydroxylation sites is 1. The highest BCUT2D eigenvalue weighted by molar-refractivity contribution is 6.35. The van der Waals surface area contributed by atoms with Crippen molar-refractivity contribution in [1.82, 2.24) is 10.2 Å². The van der Waals surface area contributed by atoms with Gasteiger partial charge in [-0.1, -0.05) is 47.5 Å². The summed E-state index contributed by atoms with van der Waals surface area (Å²) in [5.74, 6) is 0. The van der Waals surface area contributed by atoms with Gasteiger partial charge in [-0.3, -0.25) is 0 Å². The van der Waals surface area contributed by atoms with Gasteiger partial charge in [0, 0.05) is 48.5 Å². The van der Waals surface area contributed by atoms with E-state index in [4.69, 9.17) is 23.2 Å². The summed E-state index contributed by atoms with van der Waals surface area (Å²) >= 11 is 12.0. The molecule has 0 aliphatic carbocycles. The van der Waals surface area contributed by atoms with Gasteiger partial charge in [-0.25, -0.2) is 4.79 Å². The maximum absolute atomic E-state index is 12.3. The van der Waals surface area contributed by atoms with Crippen molar-refractivity contribution in [3.05, 3.63) is 64.1 Å². The number of amides is 2. The molecular weight excluding hydrogens is 357 g/mol. The van der Waals surface area contributed by atoms with E-state index in [9.17, 15) is 4.79 Å². The molecule has 1 fully saturated rings. The highest BCUT2D eigenvalue weighted by Crippen LogP contribution is 2.21. The molecule has 1 saturated heterocycles. The molecule has 2 aromatic carbocycles. The van der Waals surface area contributed by atoms with Crippen LogP contribution in [-0.4, -0.2) is 43.7 Å². The summed E-state index contributed by atoms with van der Waals surface area (Å²) in [5.41, 5.74) is 2.19. The Kier molecular flexibility index (Phi) is 6.05. The van der Waals surface area contributed by atoms with Crippen molar-refractivity contribution in [2.24, 2.45) is 0 Å². The number of hydrogen-bond donors (Lipinski definition) is 1. The Morgan fingerprint density at radius 1 is 1.00 bits per heavy atom. The minimum absolute atomic E-state index is 0.0159. The molecule has 0 radical (unpaired) electrons. The van der Waals surface area contributed by atoms with E-state index in [0.717, 1.165) is 31.7 Å². The lowest BCUT2D eigenvalue weighted by Gasteiger charge is -2.36. The van der Waals surface area contributed by atoms with Crippen LogP contribution in [0.4, 0.5) is 10.5 Å². The molecule has 6 heteroatoms. The number of piperazine rings is 1. The largest absolute Gasteiger partial charge is 0.368 e. The Morgan fingerprint density at radius 2 is 1.72 bits per heavy atom. The molecule has 0 aromatic heterocycles. The van der Waals surface area contributed by atoms with Gasteiger partial charge in [0.05, 0.1) is 0 Å². The van der Waals surface area contributed by atoms with Crippen LogP contribution >= 0.6 is 23.2 Å². The molecule has 0 bridgehead atoms. The summed E-state index contributed by atoms with van der Waals surface area (Å²) in [6.07, 6.45) is 0.686. The molecule has 0 atom stereocenters. The predicted octanol–water partition coefficient (Wildman–Crippen LogP) is 4.07. The molecule has 1 heterocycles. The first-order valence-electron chi connectivity index (χ1n) is 8.40. The first-order chi connectivity index (χ1) is 12.1. The van der Waals surface area contributed by atoms with Crippen LogP contribution in [0.2, 0.25) is 10.0 Å². The van der Waals surface area contributed by atoms with Crippen LogP contribution in [0.5, 0.6) is 0 Å². The van der Waals surface area contributed by atoms with Crippen molar-refractivity contribution < 1.29 is 4.79 Å². The van der Waals surface area contributed by atoms with Crippen LogP contribution in [-0.2, 0) is 6.42 Å². The van der Waals surface area contributed by atoms with E-state index in [2.05, 4.69) is 22.3 Å². The first kappa shape index (κ1) is 17.9. The molecular formula is C19H21Cl2N3O. The van der Waals surface area contributed by atoms with Crippen LogP contribution in [0.3, 0.4) is 0 Å². The quantitative estimate of drug-likeness (QED) is 0.871. The van der Waals surface area contributed by atoms with Crippen LogP contribution in [0, 0.1) is 0 Å². The van der Waals surface area contributed by atoms with Crippen molar-refractivity contribution in [1.29, 1.82) is 0 Å². The molecule has 2 aromatic rings. The zero-order chi connectivity index (χ0) is 17.6. The molecule has 3 rings (SSSR count). The summed E-state index contributed by atoms with van der Waals surface area (Å²) in [4.78, 5) is 16.5. The average Bonchev–Trinajstić information content (AvgIpc) is 2.64. The van der Waals surface area contributed by atoms with Gasteiger partial charge >= 0.3 is 6.03 Å². The second-order valence-corrected chi connectivity index (χ2v) is 6.87. The van der Waals surface area contributed by atoms with Crippen LogP contribution in [0.25, 0.3) is 0 Å². The number of benzene rings is 2. The van der Waals surface area contributed by atoms with Crippen molar-refractivity contribution in [2.75, 3.05) is 37.6 Å². The monoisotopic (exact) mass is 377 g/mol. The highest BCUT2D eigenvalue weighted by Gasteiger charge is 2.20. The maximum atomic E-state index is 12.3. The normalized spacial score (nSPS) is 14.5. The molecule has 1 aliphatic heterocycles. The Hall–Kier alpha value is -1.91. The summed E-state index contributed by atoms with van der Waals surface area (Å²) in [6.45, 7) is 3.70. The van der Waals surface area contributed by atoms with Gasteiger partial charge in [0.1, 0.15) is 0 Å². The average molecular weight is 378 g/mol. The Labute approximate surface area is 158 Å². The number of nitrogens with zero attached hydrogens (tertiary/aromatic N) is 2. The number of urea groups is 1. The SMILES string of the molecule is O=C(NCCc1ccc(Cl)cc1Cl)N1CCN(c2ccccc2)CC1. The number of hydrogen-bond acceptors (Lipinski definition) is 2. The molecule has 0 spiro atoms. The zero-order valence-corrected chi connectivity index (χ0v) is 15.4. The smallest absolute Gasteiger partial charge is 0.317 e. The van der Waals surface area contributed by atoms with Gasteiger partial charge in [-0.2, -0.15) is 0 Å². The van der Waals surface area contributed by atoms with Gasteiger partial charge in [0.2, 0.25) is 0 Å². The van der Waals surface area contributed by atoms with E-state index >= 15 is 0 Å². The van der Waals surface area contributed by atoms with Crippen LogP contribution < -0.4 is 10.2 Å². The molecule has 25 heavy (non-hydrogen) atoms. The lowest BCUT2D eigenvalue weighted by atomic mass is 10.1. The minimum atomic E-state index is -0.0159. The van der Waals surface area contributed by atoms with Gasteiger partial charge in [0.25, 0.3) is 0 Å². The molecule has 0 unspecified atom stereocenters. The summed E-state index contributed by atoms with van der Waals surface area (Å²) in [6, 6.07) is 15.7. The van der Waals surface area contributed by atoms with E-state index in [1.807, 2.05) is 35.2 Å². The van der Waals surface area contributed by atoms with Gasteiger partial charge in [-0.15, -0.1) is 0 Å². The number of nitrogens with one attached hydrogen (secondary N) is 1. The molecule has 4 nitrogen and oxygen atoms in total. The van der Waals surface area contributed by atoms with Gasteiger partial charge in [-0.05, 0) is 36.2 Å². The minimum Gasteiger partial charge on any atom is -0.368 e. The van der Waals surface area contributed by atoms with Crippen LogP contribution in [0.15, 0.2) is 48.5 Å². The fourth-order valence-corrected chi connectivity index (χ4v) is 3.45. The third-order valence-corrected chi connectivity index (χ3v) is 4.96. The van der Waals surface area contributed by atoms with E-state index in [-0.39, 0.29) is 6.03 Å². The van der Waals surface area contributed by atoms with Crippen molar-refractivity contribution in [3.63, 3.8) is 0 Å². The van der Waals surface area contributed by atoms with Crippen molar-refractivity contribution >= 4 is 34.9 Å². The lowest BCUT2D eigenvalue weighted by Crippen LogP contribution is -2.52. The van der Waals surface area contributed by atoms with Crippen molar-refractivity contribution in [3.8, 4) is 0 Å². The number of carbonyl (C=O) groups excluding carboxylic acids is 1. The maximum Gasteiger partial charge on any atom is 0.317 e. The van der Waals surface area contributed by atoms with E-state index < -0.39 is 0 Å². The Bertz CT molecular complexity index is 716. The number of halogens is 2. The molecule has 0 saturated carbocycles. The third kappa shape index (κ3) is 4.80. The lowest BCUT2D eigenvalue weighted by molar-refractivity contribution is 0.194. The second-order valence-electron chi connectivity index (χ2n) is 6.03. The Morgan fingerprint density at radius 3 is 2.40 bits per heavy atom. The van der Waals surface area contributed by atoms with Crippen molar-refractivity contribution in [2.45, 2.75) is 6.42 Å². The second kappa shape index (κ2) is 8.45. The summed E-state index contributed by atoms with van der Waals surface area (Å²) < 4.78 is 0. The van der Waals surface area contributed by atoms with Gasteiger partial charge < -0.3 is 15.1 Å². The molecule has 1 N–H and O–H groups in total.